The van der Waals surface area contributed by atoms with Crippen LogP contribution < -0.4 is 4.74 Å². The molecule has 0 aromatic heterocycles. The summed E-state index contributed by atoms with van der Waals surface area (Å²) >= 11 is 0.0663. The standard InChI is InChI=1S/C17H21N3O2Se/c1-4-5-15-17(20(21)16(2,3)8-9-23-17)22-14-7-6-12(11-18)10-13(14)19-15/h6-7,10,21H,4-5,8-9H2,1-3H3/t17-/m1/s1. The summed E-state index contributed by atoms with van der Waals surface area (Å²) in [5.74, 6) is 0.641. The predicted octanol–water partition coefficient (Wildman–Crippen LogP) is 3.47. The van der Waals surface area contributed by atoms with Gasteiger partial charge < -0.3 is 0 Å². The molecule has 0 bridgehead atoms. The number of benzene rings is 1. The van der Waals surface area contributed by atoms with Gasteiger partial charge >= 0.3 is 143 Å². The van der Waals surface area contributed by atoms with Gasteiger partial charge in [-0.2, -0.15) is 0 Å². The third-order valence-corrected chi connectivity index (χ3v) is 7.02. The molecule has 2 heterocycles. The SMILES string of the molecule is CCCC1=Nc2cc(C#N)ccc2O[C@@]12[Se]CCC(C)(C)N2O. The van der Waals surface area contributed by atoms with Crippen molar-refractivity contribution >= 4 is 26.4 Å². The van der Waals surface area contributed by atoms with Gasteiger partial charge in [0.1, 0.15) is 0 Å². The van der Waals surface area contributed by atoms with Gasteiger partial charge in [-0.05, 0) is 0 Å². The molecule has 1 saturated heterocycles. The van der Waals surface area contributed by atoms with E-state index in [0.717, 1.165) is 30.3 Å². The third-order valence-electron chi connectivity index (χ3n) is 4.31. The van der Waals surface area contributed by atoms with Crippen LogP contribution >= 0.6 is 0 Å². The van der Waals surface area contributed by atoms with Crippen molar-refractivity contribution in [3.8, 4) is 11.8 Å². The number of fused-ring (bicyclic) bond motifs is 1. The Morgan fingerprint density at radius 2 is 2.26 bits per heavy atom. The zero-order chi connectivity index (χ0) is 16.7. The molecule has 2 aliphatic heterocycles. The summed E-state index contributed by atoms with van der Waals surface area (Å²) in [6.45, 7) is 6.16. The van der Waals surface area contributed by atoms with E-state index in [1.807, 2.05) is 13.8 Å². The summed E-state index contributed by atoms with van der Waals surface area (Å²) < 4.78 is 5.51. The summed E-state index contributed by atoms with van der Waals surface area (Å²) in [6, 6.07) is 7.40. The molecule has 0 aliphatic carbocycles. The van der Waals surface area contributed by atoms with E-state index in [9.17, 15) is 5.21 Å². The molecule has 122 valence electrons. The molecule has 1 aromatic carbocycles. The molecule has 1 spiro atoms. The van der Waals surface area contributed by atoms with Gasteiger partial charge in [-0.25, -0.2) is 0 Å². The molecule has 1 fully saturated rings. The molecule has 23 heavy (non-hydrogen) atoms. The van der Waals surface area contributed by atoms with Crippen LogP contribution in [0.25, 0.3) is 0 Å². The van der Waals surface area contributed by atoms with E-state index in [0.29, 0.717) is 17.0 Å². The minimum atomic E-state index is -0.827. The Hall–Kier alpha value is -1.38. The summed E-state index contributed by atoms with van der Waals surface area (Å²) in [7, 11) is 0. The van der Waals surface area contributed by atoms with Gasteiger partial charge in [-0.3, -0.25) is 0 Å². The Morgan fingerprint density at radius 3 is 2.96 bits per heavy atom. The molecule has 0 amide bonds. The van der Waals surface area contributed by atoms with Gasteiger partial charge in [0.15, 0.2) is 0 Å². The number of aliphatic imine (C=N–C) groups is 1. The summed E-state index contributed by atoms with van der Waals surface area (Å²) in [5.41, 5.74) is 1.78. The van der Waals surface area contributed by atoms with Gasteiger partial charge in [-0.1, -0.05) is 0 Å². The van der Waals surface area contributed by atoms with Crippen LogP contribution in [0.1, 0.15) is 45.6 Å². The van der Waals surface area contributed by atoms with Crippen LogP contribution in [-0.4, -0.2) is 41.1 Å². The summed E-state index contributed by atoms with van der Waals surface area (Å²) in [6.07, 6.45) is 2.64. The maximum absolute atomic E-state index is 10.9. The van der Waals surface area contributed by atoms with E-state index < -0.39 is 4.62 Å². The number of rotatable bonds is 2. The number of hydrogen-bond acceptors (Lipinski definition) is 5. The van der Waals surface area contributed by atoms with Gasteiger partial charge in [0, 0.05) is 0 Å². The fourth-order valence-corrected chi connectivity index (χ4v) is 6.51. The quantitative estimate of drug-likeness (QED) is 0.800. The van der Waals surface area contributed by atoms with Gasteiger partial charge in [0.25, 0.3) is 0 Å². The van der Waals surface area contributed by atoms with Crippen molar-refractivity contribution in [1.29, 1.82) is 5.26 Å². The molecule has 5 nitrogen and oxygen atoms in total. The van der Waals surface area contributed by atoms with Crippen molar-refractivity contribution in [1.82, 2.24) is 5.06 Å². The van der Waals surface area contributed by atoms with Crippen LogP contribution in [-0.2, 0) is 0 Å². The summed E-state index contributed by atoms with van der Waals surface area (Å²) in [5, 5.41) is 22.4. The summed E-state index contributed by atoms with van der Waals surface area (Å²) in [4.78, 5) is 4.79. The number of nitrogens with zero attached hydrogens (tertiary/aromatic N) is 3. The van der Waals surface area contributed by atoms with E-state index in [1.54, 1.807) is 18.2 Å². The first-order valence-electron chi connectivity index (χ1n) is 7.87. The average Bonchev–Trinajstić information content (AvgIpc) is 2.53. The van der Waals surface area contributed by atoms with Crippen LogP contribution in [0.15, 0.2) is 23.2 Å². The number of hydroxylamine groups is 2. The Morgan fingerprint density at radius 1 is 1.48 bits per heavy atom. The molecule has 2 aliphatic rings. The molecule has 3 rings (SSSR count). The average molecular weight is 378 g/mol. The first-order chi connectivity index (χ1) is 10.9. The van der Waals surface area contributed by atoms with Crippen molar-refractivity contribution < 1.29 is 9.94 Å². The molecule has 1 N–H and O–H groups in total. The zero-order valence-corrected chi connectivity index (χ0v) is 15.4. The van der Waals surface area contributed by atoms with E-state index in [2.05, 4.69) is 13.0 Å². The Labute approximate surface area is 143 Å². The van der Waals surface area contributed by atoms with E-state index >= 15 is 0 Å². The number of ether oxygens (including phenoxy) is 1. The monoisotopic (exact) mass is 379 g/mol. The van der Waals surface area contributed by atoms with Gasteiger partial charge in [0.2, 0.25) is 0 Å². The predicted molar refractivity (Wildman–Crippen MR) is 89.4 cm³/mol. The molecule has 1 atom stereocenters. The fraction of sp³-hybridized carbons (Fsp3) is 0.529. The zero-order valence-electron chi connectivity index (χ0n) is 13.7. The number of hydrogen-bond donors (Lipinski definition) is 1. The molecule has 1 aromatic rings. The second-order valence-electron chi connectivity index (χ2n) is 6.51. The van der Waals surface area contributed by atoms with Crippen molar-refractivity contribution in [3.05, 3.63) is 23.8 Å². The van der Waals surface area contributed by atoms with E-state index in [-0.39, 0.29) is 20.5 Å². The molecule has 0 saturated carbocycles. The normalized spacial score (nSPS) is 26.1. The van der Waals surface area contributed by atoms with Crippen molar-refractivity contribution in [2.75, 3.05) is 0 Å². The van der Waals surface area contributed by atoms with Crippen LogP contribution in [0.5, 0.6) is 5.75 Å². The van der Waals surface area contributed by atoms with Gasteiger partial charge in [0.05, 0.1) is 0 Å². The van der Waals surface area contributed by atoms with E-state index in [1.165, 1.54) is 5.06 Å². The van der Waals surface area contributed by atoms with Crippen LogP contribution in [0.3, 0.4) is 0 Å². The third kappa shape index (κ3) is 2.68. The van der Waals surface area contributed by atoms with Crippen LogP contribution in [0.2, 0.25) is 5.32 Å². The Balaban J connectivity index is 2.10. The topological polar surface area (TPSA) is 68.8 Å². The van der Waals surface area contributed by atoms with Crippen molar-refractivity contribution in [2.45, 2.75) is 55.5 Å². The van der Waals surface area contributed by atoms with Crippen molar-refractivity contribution in [2.24, 2.45) is 4.99 Å². The molecule has 0 radical (unpaired) electrons. The molecule has 0 unspecified atom stereocenters. The second kappa shape index (κ2) is 5.92. The van der Waals surface area contributed by atoms with Gasteiger partial charge in [-0.15, -0.1) is 0 Å². The first-order valence-corrected chi connectivity index (χ1v) is 9.94. The van der Waals surface area contributed by atoms with Crippen LogP contribution in [0, 0.1) is 11.3 Å². The molecular weight excluding hydrogens is 357 g/mol. The van der Waals surface area contributed by atoms with E-state index in [4.69, 9.17) is 15.0 Å². The minimum absolute atomic E-state index is 0.0663. The maximum atomic E-state index is 10.9. The Kier molecular flexibility index (Phi) is 4.24. The van der Waals surface area contributed by atoms with Crippen LogP contribution in [0.4, 0.5) is 5.69 Å². The fourth-order valence-electron chi connectivity index (χ4n) is 2.92. The molecule has 6 heteroatoms. The number of nitriles is 1. The first kappa shape index (κ1) is 16.5. The van der Waals surface area contributed by atoms with Crippen molar-refractivity contribution in [3.63, 3.8) is 0 Å². The Bertz CT molecular complexity index is 696. The second-order valence-corrected chi connectivity index (χ2v) is 9.13. The molecular formula is C17H21N3O2Se.